The van der Waals surface area contributed by atoms with E-state index in [9.17, 15) is 8.78 Å². The number of alkyl halides is 2. The van der Waals surface area contributed by atoms with Crippen LogP contribution in [0, 0.1) is 0 Å². The number of hydrogen-bond acceptors (Lipinski definition) is 3. The second-order valence-electron chi connectivity index (χ2n) is 1.94. The van der Waals surface area contributed by atoms with Crippen molar-refractivity contribution in [3.63, 3.8) is 0 Å². The summed E-state index contributed by atoms with van der Waals surface area (Å²) in [5, 5.41) is 0. The van der Waals surface area contributed by atoms with Crippen molar-refractivity contribution in [3.8, 4) is 0 Å². The van der Waals surface area contributed by atoms with Crippen LogP contribution in [0.15, 0.2) is 12.4 Å². The molecule has 1 heterocycles. The molecule has 60 valence electrons. The molecule has 1 rings (SSSR count). The Morgan fingerprint density at radius 1 is 1.36 bits per heavy atom. The van der Waals surface area contributed by atoms with Gasteiger partial charge in [0.1, 0.15) is 5.69 Å². The van der Waals surface area contributed by atoms with E-state index in [2.05, 4.69) is 9.97 Å². The molecule has 0 aliphatic carbocycles. The van der Waals surface area contributed by atoms with Crippen molar-refractivity contribution in [2.24, 2.45) is 5.73 Å². The molecule has 0 bridgehead atoms. The summed E-state index contributed by atoms with van der Waals surface area (Å²) in [6.45, 7) is 0.219. The minimum atomic E-state index is -2.56. The first-order chi connectivity index (χ1) is 5.24. The molecule has 0 amide bonds. The SMILES string of the molecule is NCc1cnc(C(F)F)cn1. The van der Waals surface area contributed by atoms with E-state index >= 15 is 0 Å². The summed E-state index contributed by atoms with van der Waals surface area (Å²) >= 11 is 0. The summed E-state index contributed by atoms with van der Waals surface area (Å²) in [7, 11) is 0. The molecule has 0 unspecified atom stereocenters. The number of rotatable bonds is 2. The van der Waals surface area contributed by atoms with Crippen LogP contribution < -0.4 is 5.73 Å². The predicted octanol–water partition coefficient (Wildman–Crippen LogP) is 0.873. The predicted molar refractivity (Wildman–Crippen MR) is 34.9 cm³/mol. The van der Waals surface area contributed by atoms with Crippen molar-refractivity contribution in [2.45, 2.75) is 13.0 Å². The Bertz CT molecular complexity index is 222. The van der Waals surface area contributed by atoms with Crippen LogP contribution in [0.25, 0.3) is 0 Å². The molecule has 3 nitrogen and oxygen atoms in total. The summed E-state index contributed by atoms with van der Waals surface area (Å²) in [5.41, 5.74) is 5.38. The molecule has 0 aromatic carbocycles. The molecule has 2 N–H and O–H groups in total. The molecular weight excluding hydrogens is 152 g/mol. The lowest BCUT2D eigenvalue weighted by atomic mass is 10.4. The molecule has 0 fully saturated rings. The normalized spacial score (nSPS) is 10.5. The van der Waals surface area contributed by atoms with Gasteiger partial charge in [-0.1, -0.05) is 0 Å². The zero-order valence-electron chi connectivity index (χ0n) is 5.67. The first-order valence-corrected chi connectivity index (χ1v) is 3.03. The third-order valence-electron chi connectivity index (χ3n) is 1.16. The Morgan fingerprint density at radius 2 is 2.09 bits per heavy atom. The zero-order valence-corrected chi connectivity index (χ0v) is 5.67. The maximum atomic E-state index is 11.9. The molecule has 0 aliphatic heterocycles. The van der Waals surface area contributed by atoms with Crippen molar-refractivity contribution < 1.29 is 8.78 Å². The van der Waals surface area contributed by atoms with Crippen LogP contribution in [-0.4, -0.2) is 9.97 Å². The Morgan fingerprint density at radius 3 is 2.45 bits per heavy atom. The van der Waals surface area contributed by atoms with E-state index in [-0.39, 0.29) is 12.2 Å². The quantitative estimate of drug-likeness (QED) is 0.696. The molecule has 0 saturated heterocycles. The van der Waals surface area contributed by atoms with E-state index in [1.165, 1.54) is 6.20 Å². The fourth-order valence-electron chi connectivity index (χ4n) is 0.583. The third kappa shape index (κ3) is 1.91. The van der Waals surface area contributed by atoms with Crippen LogP contribution in [-0.2, 0) is 6.54 Å². The van der Waals surface area contributed by atoms with Gasteiger partial charge in [0.25, 0.3) is 6.43 Å². The van der Waals surface area contributed by atoms with Gasteiger partial charge in [-0.25, -0.2) is 8.78 Å². The summed E-state index contributed by atoms with van der Waals surface area (Å²) in [6.07, 6.45) is -0.275. The number of halogens is 2. The fraction of sp³-hybridized carbons (Fsp3) is 0.333. The lowest BCUT2D eigenvalue weighted by Gasteiger charge is -1.97. The van der Waals surface area contributed by atoms with Crippen molar-refractivity contribution in [3.05, 3.63) is 23.8 Å². The highest BCUT2D eigenvalue weighted by molar-refractivity contribution is 5.02. The maximum Gasteiger partial charge on any atom is 0.281 e. The van der Waals surface area contributed by atoms with Crippen molar-refractivity contribution in [1.82, 2.24) is 9.97 Å². The van der Waals surface area contributed by atoms with E-state index in [4.69, 9.17) is 5.73 Å². The maximum absolute atomic E-state index is 11.9. The van der Waals surface area contributed by atoms with Crippen molar-refractivity contribution in [1.29, 1.82) is 0 Å². The Labute approximate surface area is 62.3 Å². The number of nitrogens with two attached hydrogens (primary N) is 1. The standard InChI is InChI=1S/C6H7F2N3/c7-6(8)5-3-10-4(1-9)2-11-5/h2-3,6H,1,9H2. The van der Waals surface area contributed by atoms with Crippen LogP contribution in [0.5, 0.6) is 0 Å². The Hall–Kier alpha value is -1.10. The smallest absolute Gasteiger partial charge is 0.281 e. The molecular formula is C6H7F2N3. The molecule has 11 heavy (non-hydrogen) atoms. The summed E-state index contributed by atoms with van der Waals surface area (Å²) in [4.78, 5) is 7.11. The summed E-state index contributed by atoms with van der Waals surface area (Å²) < 4.78 is 23.7. The average molecular weight is 159 g/mol. The number of hydrogen-bond donors (Lipinski definition) is 1. The molecule has 5 heteroatoms. The lowest BCUT2D eigenvalue weighted by Crippen LogP contribution is -2.01. The second kappa shape index (κ2) is 3.34. The van der Waals surface area contributed by atoms with Gasteiger partial charge in [-0.15, -0.1) is 0 Å². The molecule has 0 spiro atoms. The lowest BCUT2D eigenvalue weighted by molar-refractivity contribution is 0.145. The van der Waals surface area contributed by atoms with Gasteiger partial charge in [0, 0.05) is 6.54 Å². The Balaban J connectivity index is 2.83. The van der Waals surface area contributed by atoms with E-state index in [1.807, 2.05) is 0 Å². The van der Waals surface area contributed by atoms with E-state index in [0.29, 0.717) is 5.69 Å². The van der Waals surface area contributed by atoms with Crippen LogP contribution in [0.1, 0.15) is 17.8 Å². The fourth-order valence-corrected chi connectivity index (χ4v) is 0.583. The van der Waals surface area contributed by atoms with Crippen LogP contribution in [0.4, 0.5) is 8.78 Å². The molecule has 1 aromatic heterocycles. The van der Waals surface area contributed by atoms with Gasteiger partial charge in [-0.3, -0.25) is 9.97 Å². The molecule has 1 aromatic rings. The monoisotopic (exact) mass is 159 g/mol. The Kier molecular flexibility index (Phi) is 2.43. The van der Waals surface area contributed by atoms with Gasteiger partial charge in [-0.05, 0) is 0 Å². The van der Waals surface area contributed by atoms with Gasteiger partial charge in [0.05, 0.1) is 18.1 Å². The summed E-state index contributed by atoms with van der Waals surface area (Å²) in [5.74, 6) is 0. The minimum Gasteiger partial charge on any atom is -0.325 e. The molecule has 0 aliphatic rings. The van der Waals surface area contributed by atoms with Crippen LogP contribution >= 0.6 is 0 Å². The van der Waals surface area contributed by atoms with E-state index in [1.54, 1.807) is 0 Å². The first-order valence-electron chi connectivity index (χ1n) is 3.03. The third-order valence-corrected chi connectivity index (χ3v) is 1.16. The van der Waals surface area contributed by atoms with Crippen molar-refractivity contribution in [2.75, 3.05) is 0 Å². The van der Waals surface area contributed by atoms with Gasteiger partial charge < -0.3 is 5.73 Å². The van der Waals surface area contributed by atoms with Gasteiger partial charge >= 0.3 is 0 Å². The number of nitrogens with zero attached hydrogens (tertiary/aromatic N) is 2. The molecule has 0 atom stereocenters. The van der Waals surface area contributed by atoms with Gasteiger partial charge in [0.2, 0.25) is 0 Å². The largest absolute Gasteiger partial charge is 0.325 e. The van der Waals surface area contributed by atoms with Gasteiger partial charge in [-0.2, -0.15) is 0 Å². The highest BCUT2D eigenvalue weighted by atomic mass is 19.3. The second-order valence-corrected chi connectivity index (χ2v) is 1.94. The van der Waals surface area contributed by atoms with E-state index < -0.39 is 6.43 Å². The summed E-state index contributed by atoms with van der Waals surface area (Å²) in [6, 6.07) is 0. The average Bonchev–Trinajstić information content (AvgIpc) is 2.05. The van der Waals surface area contributed by atoms with Crippen LogP contribution in [0.2, 0.25) is 0 Å². The molecule has 0 saturated carbocycles. The highest BCUT2D eigenvalue weighted by Gasteiger charge is 2.07. The van der Waals surface area contributed by atoms with Crippen molar-refractivity contribution >= 4 is 0 Å². The first kappa shape index (κ1) is 8.00. The zero-order chi connectivity index (χ0) is 8.27. The highest BCUT2D eigenvalue weighted by Crippen LogP contribution is 2.13. The van der Waals surface area contributed by atoms with Gasteiger partial charge in [0.15, 0.2) is 0 Å². The van der Waals surface area contributed by atoms with E-state index in [0.717, 1.165) is 6.20 Å². The number of aromatic nitrogens is 2. The topological polar surface area (TPSA) is 51.8 Å². The minimum absolute atomic E-state index is 0.219. The molecule has 0 radical (unpaired) electrons. The van der Waals surface area contributed by atoms with Crippen LogP contribution in [0.3, 0.4) is 0 Å².